The first-order valence-electron chi connectivity index (χ1n) is 10.1. The molecule has 0 heterocycles. The van der Waals surface area contributed by atoms with Crippen LogP contribution in [-0.4, -0.2) is 27.0 Å². The summed E-state index contributed by atoms with van der Waals surface area (Å²) in [5.41, 5.74) is 3.10. The lowest BCUT2D eigenvalue weighted by molar-refractivity contribution is 0.215. The van der Waals surface area contributed by atoms with Crippen LogP contribution in [0.5, 0.6) is 5.75 Å². The van der Waals surface area contributed by atoms with Gasteiger partial charge in [0.2, 0.25) is 10.0 Å². The van der Waals surface area contributed by atoms with E-state index in [0.717, 1.165) is 35.4 Å². The topological polar surface area (TPSA) is 106 Å². The van der Waals surface area contributed by atoms with Gasteiger partial charge >= 0.3 is 0 Å². The van der Waals surface area contributed by atoms with Crippen molar-refractivity contribution in [2.24, 2.45) is 10.1 Å². The van der Waals surface area contributed by atoms with Crippen molar-refractivity contribution < 1.29 is 13.2 Å². The number of aryl methyl sites for hydroxylation is 1. The summed E-state index contributed by atoms with van der Waals surface area (Å²) in [6, 6.07) is 12.6. The zero-order valence-corrected chi connectivity index (χ0v) is 21.7. The molecule has 2 rings (SSSR count). The highest BCUT2D eigenvalue weighted by Crippen LogP contribution is 2.22. The van der Waals surface area contributed by atoms with Crippen molar-refractivity contribution in [1.82, 2.24) is 10.6 Å². The fourth-order valence-electron chi connectivity index (χ4n) is 2.69. The van der Waals surface area contributed by atoms with E-state index in [1.165, 1.54) is 12.1 Å². The smallest absolute Gasteiger partial charge is 0.238 e. The molecule has 1 atom stereocenters. The molecule has 0 spiro atoms. The Kier molecular flexibility index (Phi) is 11.3. The van der Waals surface area contributed by atoms with Crippen LogP contribution in [0.2, 0.25) is 0 Å². The normalized spacial score (nSPS) is 12.6. The van der Waals surface area contributed by atoms with Gasteiger partial charge in [0.15, 0.2) is 5.96 Å². The van der Waals surface area contributed by atoms with Crippen molar-refractivity contribution in [2.45, 2.75) is 58.2 Å². The second-order valence-electron chi connectivity index (χ2n) is 7.19. The Balaban J connectivity index is 0.00000480. The molecule has 0 fully saturated rings. The third-order valence-electron chi connectivity index (χ3n) is 4.59. The number of hydrogen-bond donors (Lipinski definition) is 3. The van der Waals surface area contributed by atoms with E-state index in [-0.39, 0.29) is 35.0 Å². The number of guanidine groups is 1. The van der Waals surface area contributed by atoms with Crippen LogP contribution in [-0.2, 0) is 23.1 Å². The first kappa shape index (κ1) is 27.2. The predicted octanol–water partition coefficient (Wildman–Crippen LogP) is 3.69. The highest BCUT2D eigenvalue weighted by atomic mass is 127. The van der Waals surface area contributed by atoms with E-state index >= 15 is 0 Å². The Morgan fingerprint density at radius 3 is 2.39 bits per heavy atom. The number of nitrogens with two attached hydrogens (primary N) is 1. The molecule has 0 aliphatic rings. The molecule has 4 N–H and O–H groups in total. The predicted molar refractivity (Wildman–Crippen MR) is 136 cm³/mol. The molecular weight excluding hydrogens is 527 g/mol. The van der Waals surface area contributed by atoms with Gasteiger partial charge in [0.25, 0.3) is 0 Å². The Hall–Kier alpha value is -1.85. The van der Waals surface area contributed by atoms with Gasteiger partial charge < -0.3 is 15.4 Å². The molecule has 2 aromatic carbocycles. The minimum absolute atomic E-state index is 0. The molecule has 0 saturated carbocycles. The highest BCUT2D eigenvalue weighted by molar-refractivity contribution is 14.0. The molecule has 0 aliphatic carbocycles. The fourth-order valence-corrected chi connectivity index (χ4v) is 3.21. The van der Waals surface area contributed by atoms with Crippen molar-refractivity contribution in [3.63, 3.8) is 0 Å². The maximum Gasteiger partial charge on any atom is 0.238 e. The summed E-state index contributed by atoms with van der Waals surface area (Å²) in [5.74, 6) is 1.55. The van der Waals surface area contributed by atoms with Gasteiger partial charge in [-0.05, 0) is 56.5 Å². The number of aliphatic imine (C=N–C) groups is 1. The van der Waals surface area contributed by atoms with E-state index in [9.17, 15) is 8.42 Å². The maximum atomic E-state index is 11.4. The van der Waals surface area contributed by atoms with Gasteiger partial charge in [0, 0.05) is 18.7 Å². The van der Waals surface area contributed by atoms with E-state index in [0.29, 0.717) is 19.0 Å². The van der Waals surface area contributed by atoms with Crippen LogP contribution in [0.3, 0.4) is 0 Å². The Bertz CT molecular complexity index is 963. The number of sulfonamides is 1. The minimum atomic E-state index is -3.69. The molecule has 0 amide bonds. The van der Waals surface area contributed by atoms with Crippen LogP contribution in [0.4, 0.5) is 0 Å². The summed E-state index contributed by atoms with van der Waals surface area (Å²) >= 11 is 0. The van der Waals surface area contributed by atoms with Crippen molar-refractivity contribution >= 4 is 40.0 Å². The summed E-state index contributed by atoms with van der Waals surface area (Å²) < 4.78 is 28.8. The van der Waals surface area contributed by atoms with Gasteiger partial charge in [-0.25, -0.2) is 18.5 Å². The molecule has 1 unspecified atom stereocenters. The zero-order chi connectivity index (χ0) is 22.1. The highest BCUT2D eigenvalue weighted by Gasteiger charge is 2.09. The Morgan fingerprint density at radius 2 is 1.81 bits per heavy atom. The summed E-state index contributed by atoms with van der Waals surface area (Å²) in [5, 5.41) is 11.7. The molecule has 0 radical (unpaired) electrons. The monoisotopic (exact) mass is 560 g/mol. The third kappa shape index (κ3) is 9.04. The van der Waals surface area contributed by atoms with Crippen molar-refractivity contribution in [2.75, 3.05) is 6.54 Å². The van der Waals surface area contributed by atoms with Crippen LogP contribution in [0.25, 0.3) is 0 Å². The van der Waals surface area contributed by atoms with Gasteiger partial charge in [-0.2, -0.15) is 0 Å². The lowest BCUT2D eigenvalue weighted by Gasteiger charge is -2.18. The van der Waals surface area contributed by atoms with E-state index in [1.54, 1.807) is 12.1 Å². The average molecular weight is 561 g/mol. The second-order valence-corrected chi connectivity index (χ2v) is 8.75. The molecule has 31 heavy (non-hydrogen) atoms. The molecule has 0 aromatic heterocycles. The van der Waals surface area contributed by atoms with Crippen LogP contribution >= 0.6 is 24.0 Å². The zero-order valence-electron chi connectivity index (χ0n) is 18.5. The molecule has 0 aliphatic heterocycles. The Labute approximate surface area is 202 Å². The molecule has 2 aromatic rings. The third-order valence-corrected chi connectivity index (χ3v) is 5.52. The Morgan fingerprint density at radius 1 is 1.13 bits per heavy atom. The van der Waals surface area contributed by atoms with E-state index in [2.05, 4.69) is 47.7 Å². The number of rotatable bonds is 9. The van der Waals surface area contributed by atoms with Gasteiger partial charge in [0.1, 0.15) is 5.75 Å². The first-order chi connectivity index (χ1) is 14.2. The van der Waals surface area contributed by atoms with Crippen molar-refractivity contribution in [3.05, 3.63) is 59.2 Å². The molecule has 172 valence electrons. The number of ether oxygens (including phenoxy) is 1. The van der Waals surface area contributed by atoms with Crippen molar-refractivity contribution in [1.29, 1.82) is 0 Å². The van der Waals surface area contributed by atoms with Crippen molar-refractivity contribution in [3.8, 4) is 5.75 Å². The number of hydrogen-bond acceptors (Lipinski definition) is 4. The number of nitrogens with one attached hydrogen (secondary N) is 2. The van der Waals surface area contributed by atoms with Crippen LogP contribution in [0, 0.1) is 6.92 Å². The van der Waals surface area contributed by atoms with Crippen LogP contribution < -0.4 is 20.5 Å². The largest absolute Gasteiger partial charge is 0.490 e. The van der Waals surface area contributed by atoms with E-state index in [4.69, 9.17) is 9.88 Å². The van der Waals surface area contributed by atoms with E-state index < -0.39 is 10.0 Å². The molecule has 0 bridgehead atoms. The summed E-state index contributed by atoms with van der Waals surface area (Å²) in [4.78, 5) is 4.68. The fraction of sp³-hybridized carbons (Fsp3) is 0.409. The molecule has 7 nitrogen and oxygen atoms in total. The lowest BCUT2D eigenvalue weighted by Crippen LogP contribution is -2.37. The van der Waals surface area contributed by atoms with Gasteiger partial charge in [0.05, 0.1) is 17.5 Å². The average Bonchev–Trinajstić information content (AvgIpc) is 2.70. The summed E-state index contributed by atoms with van der Waals surface area (Å²) in [6.07, 6.45) is 1.09. The summed E-state index contributed by atoms with van der Waals surface area (Å²) in [7, 11) is -3.69. The van der Waals surface area contributed by atoms with E-state index in [1.807, 2.05) is 13.8 Å². The molecule has 0 saturated heterocycles. The quantitative estimate of drug-likeness (QED) is 0.247. The lowest BCUT2D eigenvalue weighted by atomic mass is 10.1. The summed E-state index contributed by atoms with van der Waals surface area (Å²) in [6.45, 7) is 9.91. The molecular formula is C22H33IN4O3S. The second kappa shape index (κ2) is 12.9. The molecule has 9 heteroatoms. The van der Waals surface area contributed by atoms with Crippen LogP contribution in [0.15, 0.2) is 52.4 Å². The number of benzene rings is 2. The maximum absolute atomic E-state index is 11.4. The van der Waals surface area contributed by atoms with Gasteiger partial charge in [-0.1, -0.05) is 31.2 Å². The number of halogens is 1. The standard InChI is InChI=1S/C22H32N4O3S.HI/c1-5-17(4)29-21-13-16(3)7-10-19(21)15-26-22(24-6-2)25-14-18-8-11-20(12-9-18)30(23,27)28;/h7-13,17H,5-6,14-15H2,1-4H3,(H2,23,27,28)(H2,24,25,26);1H. The minimum Gasteiger partial charge on any atom is -0.490 e. The van der Waals surface area contributed by atoms with Crippen LogP contribution in [0.1, 0.15) is 43.9 Å². The van der Waals surface area contributed by atoms with Gasteiger partial charge in [-0.15, -0.1) is 24.0 Å². The number of nitrogens with zero attached hydrogens (tertiary/aromatic N) is 1. The first-order valence-corrected chi connectivity index (χ1v) is 11.7. The SMILES string of the molecule is CCNC(=NCc1ccc(S(N)(=O)=O)cc1)NCc1ccc(C)cc1OC(C)CC.I. The van der Waals surface area contributed by atoms with Gasteiger partial charge in [-0.3, -0.25) is 0 Å². The number of primary sulfonamides is 1.